The monoisotopic (exact) mass is 566 g/mol. The molecule has 2 aromatic carbocycles. The van der Waals surface area contributed by atoms with E-state index in [1.54, 1.807) is 24.3 Å². The summed E-state index contributed by atoms with van der Waals surface area (Å²) < 4.78 is 1.83. The highest BCUT2D eigenvalue weighted by atomic mass is 79.9. The van der Waals surface area contributed by atoms with Crippen LogP contribution in [0.1, 0.15) is 27.1 Å². The Labute approximate surface area is 208 Å². The summed E-state index contributed by atoms with van der Waals surface area (Å²) in [7, 11) is 0. The van der Waals surface area contributed by atoms with Gasteiger partial charge >= 0.3 is 0 Å². The zero-order valence-electron chi connectivity index (χ0n) is 17.4. The van der Waals surface area contributed by atoms with Crippen LogP contribution >= 0.6 is 31.9 Å². The van der Waals surface area contributed by atoms with Crippen LogP contribution in [-0.4, -0.2) is 23.2 Å². The molecule has 5 rings (SSSR count). The van der Waals surface area contributed by atoms with Crippen molar-refractivity contribution in [1.29, 1.82) is 0 Å². The SMILES string of the molecule is O=C(N/N=C1C=C/C(=N\NC(=O)c2ccc(Br)cc2)C2C3C=CC(C3)C\12)c1ccc(Br)cc1. The van der Waals surface area contributed by atoms with E-state index < -0.39 is 0 Å². The lowest BCUT2D eigenvalue weighted by Crippen LogP contribution is -2.37. The van der Waals surface area contributed by atoms with Crippen molar-refractivity contribution in [2.24, 2.45) is 33.9 Å². The number of benzene rings is 2. The molecule has 0 saturated heterocycles. The van der Waals surface area contributed by atoms with Crippen molar-refractivity contribution < 1.29 is 9.59 Å². The van der Waals surface area contributed by atoms with Crippen LogP contribution in [0.15, 0.2) is 92.0 Å². The lowest BCUT2D eigenvalue weighted by molar-refractivity contribution is 0.0946. The fraction of sp³-hybridized carbons (Fsp3) is 0.200. The summed E-state index contributed by atoms with van der Waals surface area (Å²) in [5.41, 5.74) is 8.15. The van der Waals surface area contributed by atoms with Gasteiger partial charge in [0.2, 0.25) is 0 Å². The normalized spacial score (nSPS) is 27.1. The molecule has 166 valence electrons. The Balaban J connectivity index is 1.35. The molecule has 1 saturated carbocycles. The van der Waals surface area contributed by atoms with E-state index in [4.69, 9.17) is 0 Å². The van der Waals surface area contributed by atoms with Crippen LogP contribution in [0.3, 0.4) is 0 Å². The number of fused-ring (bicyclic) bond motifs is 5. The molecule has 4 unspecified atom stereocenters. The first-order chi connectivity index (χ1) is 16.0. The molecule has 33 heavy (non-hydrogen) atoms. The van der Waals surface area contributed by atoms with E-state index >= 15 is 0 Å². The van der Waals surface area contributed by atoms with Crippen molar-refractivity contribution in [2.45, 2.75) is 6.42 Å². The highest BCUT2D eigenvalue weighted by Crippen LogP contribution is 2.50. The Morgan fingerprint density at radius 3 is 1.48 bits per heavy atom. The number of hydrazone groups is 2. The van der Waals surface area contributed by atoms with Gasteiger partial charge in [0.1, 0.15) is 0 Å². The Bertz CT molecular complexity index is 1120. The van der Waals surface area contributed by atoms with Crippen molar-refractivity contribution in [3.63, 3.8) is 0 Å². The summed E-state index contributed by atoms with van der Waals surface area (Å²) >= 11 is 6.75. The molecule has 2 aromatic rings. The van der Waals surface area contributed by atoms with Gasteiger partial charge in [0.25, 0.3) is 11.8 Å². The van der Waals surface area contributed by atoms with Gasteiger partial charge in [0, 0.05) is 31.9 Å². The Hall–Kier alpha value is -2.84. The first-order valence-corrected chi connectivity index (χ1v) is 12.2. The van der Waals surface area contributed by atoms with Gasteiger partial charge in [-0.25, -0.2) is 10.9 Å². The topological polar surface area (TPSA) is 82.9 Å². The summed E-state index contributed by atoms with van der Waals surface area (Å²) in [5.74, 6) is 0.443. The van der Waals surface area contributed by atoms with E-state index in [1.807, 2.05) is 36.4 Å². The molecule has 0 aromatic heterocycles. The van der Waals surface area contributed by atoms with Gasteiger partial charge in [-0.3, -0.25) is 9.59 Å². The van der Waals surface area contributed by atoms with Crippen LogP contribution in [0.2, 0.25) is 0 Å². The molecular weight excluding hydrogens is 548 g/mol. The van der Waals surface area contributed by atoms with Crippen LogP contribution in [0.5, 0.6) is 0 Å². The summed E-state index contributed by atoms with van der Waals surface area (Å²) in [6, 6.07) is 14.3. The molecule has 2 amide bonds. The number of hydrogen-bond donors (Lipinski definition) is 2. The molecule has 6 nitrogen and oxygen atoms in total. The predicted molar refractivity (Wildman–Crippen MR) is 135 cm³/mol. The number of amides is 2. The van der Waals surface area contributed by atoms with E-state index in [-0.39, 0.29) is 23.7 Å². The number of allylic oxidation sites excluding steroid dienone is 4. The fourth-order valence-electron chi connectivity index (χ4n) is 4.81. The van der Waals surface area contributed by atoms with Crippen LogP contribution in [0.4, 0.5) is 0 Å². The van der Waals surface area contributed by atoms with Crippen molar-refractivity contribution >= 4 is 55.1 Å². The second kappa shape index (κ2) is 9.19. The highest BCUT2D eigenvalue weighted by molar-refractivity contribution is 9.10. The third-order valence-electron chi connectivity index (χ3n) is 6.35. The van der Waals surface area contributed by atoms with Gasteiger partial charge in [-0.2, -0.15) is 10.2 Å². The number of nitrogens with zero attached hydrogens (tertiary/aromatic N) is 2. The molecule has 0 aliphatic heterocycles. The molecule has 4 atom stereocenters. The molecule has 0 heterocycles. The summed E-state index contributed by atoms with van der Waals surface area (Å²) in [5, 5.41) is 8.93. The Morgan fingerprint density at radius 1 is 0.697 bits per heavy atom. The molecular formula is C25H20Br2N4O2. The number of hydrogen-bond acceptors (Lipinski definition) is 4. The minimum Gasteiger partial charge on any atom is -0.267 e. The van der Waals surface area contributed by atoms with Crippen molar-refractivity contribution in [2.75, 3.05) is 0 Å². The van der Waals surface area contributed by atoms with Crippen molar-refractivity contribution in [3.05, 3.63) is 92.9 Å². The maximum atomic E-state index is 12.5. The molecule has 2 bridgehead atoms. The average molecular weight is 568 g/mol. The van der Waals surface area contributed by atoms with Gasteiger partial charge in [-0.15, -0.1) is 0 Å². The largest absolute Gasteiger partial charge is 0.271 e. The molecule has 0 spiro atoms. The molecule has 3 aliphatic rings. The minimum absolute atomic E-state index is 0.124. The second-order valence-electron chi connectivity index (χ2n) is 8.30. The van der Waals surface area contributed by atoms with E-state index in [1.165, 1.54) is 0 Å². The number of halogens is 2. The third kappa shape index (κ3) is 4.50. The molecule has 8 heteroatoms. The quantitative estimate of drug-likeness (QED) is 0.398. The lowest BCUT2D eigenvalue weighted by Gasteiger charge is -2.31. The smallest absolute Gasteiger partial charge is 0.267 e. The number of carbonyl (C=O) groups excluding carboxylic acids is 2. The maximum absolute atomic E-state index is 12.5. The number of rotatable bonds is 4. The van der Waals surface area contributed by atoms with Crippen LogP contribution < -0.4 is 10.9 Å². The first kappa shape index (κ1) is 22.0. The Kier molecular flexibility index (Phi) is 6.12. The van der Waals surface area contributed by atoms with E-state index in [2.05, 4.69) is 65.1 Å². The zero-order valence-corrected chi connectivity index (χ0v) is 20.6. The predicted octanol–water partition coefficient (Wildman–Crippen LogP) is 5.09. The number of nitrogens with one attached hydrogen (secondary N) is 2. The zero-order chi connectivity index (χ0) is 22.9. The summed E-state index contributed by atoms with van der Waals surface area (Å²) in [4.78, 5) is 25.0. The van der Waals surface area contributed by atoms with Gasteiger partial charge < -0.3 is 0 Å². The lowest BCUT2D eigenvalue weighted by atomic mass is 9.74. The van der Waals surface area contributed by atoms with Crippen LogP contribution in [-0.2, 0) is 0 Å². The standard InChI is InChI=1S/C25H20Br2N4O2/c26-18-7-3-14(4-8-18)24(32)30-28-20-11-12-21(23-17-2-1-16(13-17)22(20)23)29-31-25(33)15-5-9-19(27)10-6-15/h1-12,16-17,22-23H,13H2,(H,30,32)(H,31,33)/b28-20+,29-21+. The minimum atomic E-state index is -0.250. The van der Waals surface area contributed by atoms with E-state index in [0.717, 1.165) is 26.8 Å². The average Bonchev–Trinajstić information content (AvgIpc) is 3.45. The Morgan fingerprint density at radius 2 is 1.09 bits per heavy atom. The van der Waals surface area contributed by atoms with Gasteiger partial charge in [-0.05, 0) is 78.9 Å². The first-order valence-electron chi connectivity index (χ1n) is 10.6. The summed E-state index contributed by atoms with van der Waals surface area (Å²) in [6.45, 7) is 0. The summed E-state index contributed by atoms with van der Waals surface area (Å²) in [6.07, 6.45) is 9.27. The van der Waals surface area contributed by atoms with Gasteiger partial charge in [-0.1, -0.05) is 44.0 Å². The third-order valence-corrected chi connectivity index (χ3v) is 7.41. The van der Waals surface area contributed by atoms with Crippen molar-refractivity contribution in [3.8, 4) is 0 Å². The van der Waals surface area contributed by atoms with E-state index in [0.29, 0.717) is 23.0 Å². The molecule has 1 fully saturated rings. The number of carbonyl (C=O) groups is 2. The van der Waals surface area contributed by atoms with Crippen molar-refractivity contribution in [1.82, 2.24) is 10.9 Å². The molecule has 2 N–H and O–H groups in total. The maximum Gasteiger partial charge on any atom is 0.271 e. The second-order valence-corrected chi connectivity index (χ2v) is 10.1. The van der Waals surface area contributed by atoms with Crippen LogP contribution in [0, 0.1) is 23.7 Å². The highest BCUT2D eigenvalue weighted by Gasteiger charge is 2.49. The van der Waals surface area contributed by atoms with Gasteiger partial charge in [0.15, 0.2) is 0 Å². The van der Waals surface area contributed by atoms with Gasteiger partial charge in [0.05, 0.1) is 11.4 Å². The molecule has 0 radical (unpaired) electrons. The fourth-order valence-corrected chi connectivity index (χ4v) is 5.34. The van der Waals surface area contributed by atoms with E-state index in [9.17, 15) is 9.59 Å². The van der Waals surface area contributed by atoms with Crippen LogP contribution in [0.25, 0.3) is 0 Å². The molecule has 3 aliphatic carbocycles.